The van der Waals surface area contributed by atoms with Gasteiger partial charge in [-0.15, -0.1) is 0 Å². The molecule has 140 valence electrons. The minimum absolute atomic E-state index is 0.106. The number of nitrogens with zero attached hydrogens (tertiary/aromatic N) is 3. The fourth-order valence-electron chi connectivity index (χ4n) is 3.14. The molecule has 1 amide bonds. The number of fused-ring (bicyclic) bond motifs is 1. The molecular weight excluding hydrogens is 355 g/mol. The molecule has 2 aromatic carbocycles. The molecule has 0 fully saturated rings. The zero-order valence-corrected chi connectivity index (χ0v) is 15.2. The molecule has 2 aromatic heterocycles. The maximum absolute atomic E-state index is 13.0. The van der Waals surface area contributed by atoms with Gasteiger partial charge in [0.05, 0.1) is 6.42 Å². The third-order valence-electron chi connectivity index (χ3n) is 4.47. The number of imidazole rings is 1. The number of amides is 1. The topological polar surface area (TPSA) is 59.8 Å². The SMILES string of the molecule is O=C(Cc1ccc(F)cc1)NCCn1c(-c2ccccc2)nc2cccnc21. The summed E-state index contributed by atoms with van der Waals surface area (Å²) in [6, 6.07) is 19.7. The molecular formula is C22H19FN4O. The average Bonchev–Trinajstić information content (AvgIpc) is 3.09. The van der Waals surface area contributed by atoms with Crippen molar-refractivity contribution in [3.05, 3.63) is 84.3 Å². The lowest BCUT2D eigenvalue weighted by Gasteiger charge is -2.10. The summed E-state index contributed by atoms with van der Waals surface area (Å²) < 4.78 is 15.0. The largest absolute Gasteiger partial charge is 0.354 e. The van der Waals surface area contributed by atoms with Gasteiger partial charge in [-0.25, -0.2) is 14.4 Å². The number of halogens is 1. The summed E-state index contributed by atoms with van der Waals surface area (Å²) in [4.78, 5) is 21.4. The van der Waals surface area contributed by atoms with Crippen LogP contribution in [-0.4, -0.2) is 27.0 Å². The molecule has 0 atom stereocenters. The predicted molar refractivity (Wildman–Crippen MR) is 106 cm³/mol. The second kappa shape index (κ2) is 8.00. The minimum atomic E-state index is -0.308. The van der Waals surface area contributed by atoms with Gasteiger partial charge in [0.2, 0.25) is 5.91 Å². The van der Waals surface area contributed by atoms with Crippen molar-refractivity contribution >= 4 is 17.1 Å². The number of pyridine rings is 1. The number of rotatable bonds is 6. The van der Waals surface area contributed by atoms with Gasteiger partial charge < -0.3 is 9.88 Å². The number of carbonyl (C=O) groups excluding carboxylic acids is 1. The Morgan fingerprint density at radius 1 is 1.00 bits per heavy atom. The van der Waals surface area contributed by atoms with Crippen molar-refractivity contribution in [3.8, 4) is 11.4 Å². The number of nitrogens with one attached hydrogen (secondary N) is 1. The van der Waals surface area contributed by atoms with Crippen LogP contribution in [0.1, 0.15) is 5.56 Å². The van der Waals surface area contributed by atoms with Gasteiger partial charge in [0.25, 0.3) is 0 Å². The summed E-state index contributed by atoms with van der Waals surface area (Å²) in [6.45, 7) is 0.995. The van der Waals surface area contributed by atoms with Crippen molar-refractivity contribution in [2.45, 2.75) is 13.0 Å². The quantitative estimate of drug-likeness (QED) is 0.561. The van der Waals surface area contributed by atoms with Crippen molar-refractivity contribution in [1.82, 2.24) is 19.9 Å². The van der Waals surface area contributed by atoms with Gasteiger partial charge in [0.1, 0.15) is 17.2 Å². The Bertz CT molecular complexity index is 1090. The Balaban J connectivity index is 1.48. The molecule has 5 nitrogen and oxygen atoms in total. The number of benzene rings is 2. The molecule has 0 aliphatic carbocycles. The first kappa shape index (κ1) is 17.9. The second-order valence-electron chi connectivity index (χ2n) is 6.45. The van der Waals surface area contributed by atoms with E-state index in [1.54, 1.807) is 18.3 Å². The van der Waals surface area contributed by atoms with Crippen molar-refractivity contribution in [1.29, 1.82) is 0 Å². The van der Waals surface area contributed by atoms with E-state index >= 15 is 0 Å². The second-order valence-corrected chi connectivity index (χ2v) is 6.45. The minimum Gasteiger partial charge on any atom is -0.354 e. The summed E-state index contributed by atoms with van der Waals surface area (Å²) in [5.41, 5.74) is 3.38. The molecule has 0 bridgehead atoms. The lowest BCUT2D eigenvalue weighted by Crippen LogP contribution is -2.28. The van der Waals surface area contributed by atoms with Gasteiger partial charge in [-0.1, -0.05) is 42.5 Å². The van der Waals surface area contributed by atoms with Crippen LogP contribution >= 0.6 is 0 Å². The van der Waals surface area contributed by atoms with Gasteiger partial charge in [-0.3, -0.25) is 4.79 Å². The molecule has 1 N–H and O–H groups in total. The number of hydrogen-bond acceptors (Lipinski definition) is 3. The Kier molecular flexibility index (Phi) is 5.10. The van der Waals surface area contributed by atoms with E-state index in [1.807, 2.05) is 47.0 Å². The van der Waals surface area contributed by atoms with Gasteiger partial charge >= 0.3 is 0 Å². The summed E-state index contributed by atoms with van der Waals surface area (Å²) >= 11 is 0. The fourth-order valence-corrected chi connectivity index (χ4v) is 3.14. The molecule has 4 aromatic rings. The zero-order valence-electron chi connectivity index (χ0n) is 15.2. The van der Waals surface area contributed by atoms with Gasteiger partial charge in [0, 0.05) is 24.8 Å². The van der Waals surface area contributed by atoms with E-state index in [2.05, 4.69) is 10.3 Å². The zero-order chi connectivity index (χ0) is 19.3. The highest BCUT2D eigenvalue weighted by molar-refractivity contribution is 5.79. The Morgan fingerprint density at radius 2 is 1.79 bits per heavy atom. The lowest BCUT2D eigenvalue weighted by molar-refractivity contribution is -0.120. The molecule has 28 heavy (non-hydrogen) atoms. The lowest BCUT2D eigenvalue weighted by atomic mass is 10.1. The van der Waals surface area contributed by atoms with Crippen LogP contribution in [0.4, 0.5) is 4.39 Å². The first-order chi connectivity index (χ1) is 13.7. The predicted octanol–water partition coefficient (Wildman–Crippen LogP) is 3.60. The monoisotopic (exact) mass is 374 g/mol. The Hall–Kier alpha value is -3.54. The van der Waals surface area contributed by atoms with Gasteiger partial charge in [-0.05, 0) is 29.8 Å². The van der Waals surface area contributed by atoms with Crippen molar-refractivity contribution in [3.63, 3.8) is 0 Å². The first-order valence-electron chi connectivity index (χ1n) is 9.08. The molecule has 0 saturated heterocycles. The molecule has 0 spiro atoms. The van der Waals surface area contributed by atoms with Crippen LogP contribution < -0.4 is 5.32 Å². The van der Waals surface area contributed by atoms with Crippen molar-refractivity contribution in [2.75, 3.05) is 6.54 Å². The normalized spacial score (nSPS) is 10.9. The van der Waals surface area contributed by atoms with E-state index in [0.29, 0.717) is 13.1 Å². The van der Waals surface area contributed by atoms with E-state index in [-0.39, 0.29) is 18.1 Å². The first-order valence-corrected chi connectivity index (χ1v) is 9.08. The van der Waals surface area contributed by atoms with Crippen molar-refractivity contribution in [2.24, 2.45) is 0 Å². The smallest absolute Gasteiger partial charge is 0.224 e. The van der Waals surface area contributed by atoms with Crippen LogP contribution in [0.5, 0.6) is 0 Å². The standard InChI is InChI=1S/C22H19FN4O/c23-18-10-8-16(9-11-18)15-20(28)24-13-14-27-21(17-5-2-1-3-6-17)26-19-7-4-12-25-22(19)27/h1-12H,13-15H2,(H,24,28). The molecule has 4 rings (SSSR count). The maximum atomic E-state index is 13.0. The average molecular weight is 374 g/mol. The highest BCUT2D eigenvalue weighted by atomic mass is 19.1. The summed E-state index contributed by atoms with van der Waals surface area (Å²) in [6.07, 6.45) is 1.96. The molecule has 6 heteroatoms. The highest BCUT2D eigenvalue weighted by Gasteiger charge is 2.13. The molecule has 0 aliphatic heterocycles. The van der Waals surface area contributed by atoms with Crippen LogP contribution in [0.15, 0.2) is 72.9 Å². The molecule has 0 unspecified atom stereocenters. The number of hydrogen-bond donors (Lipinski definition) is 1. The van der Waals surface area contributed by atoms with Crippen LogP contribution in [-0.2, 0) is 17.8 Å². The van der Waals surface area contributed by atoms with Crippen LogP contribution in [0.2, 0.25) is 0 Å². The van der Waals surface area contributed by atoms with E-state index in [0.717, 1.165) is 28.1 Å². The Morgan fingerprint density at radius 3 is 2.57 bits per heavy atom. The summed E-state index contributed by atoms with van der Waals surface area (Å²) in [7, 11) is 0. The van der Waals surface area contributed by atoms with E-state index in [1.165, 1.54) is 12.1 Å². The maximum Gasteiger partial charge on any atom is 0.224 e. The van der Waals surface area contributed by atoms with Gasteiger partial charge in [0.15, 0.2) is 5.65 Å². The molecule has 2 heterocycles. The molecule has 0 aliphatic rings. The van der Waals surface area contributed by atoms with E-state index in [4.69, 9.17) is 4.98 Å². The van der Waals surface area contributed by atoms with E-state index < -0.39 is 0 Å². The van der Waals surface area contributed by atoms with Crippen molar-refractivity contribution < 1.29 is 9.18 Å². The highest BCUT2D eigenvalue weighted by Crippen LogP contribution is 2.23. The number of carbonyl (C=O) groups is 1. The fraction of sp³-hybridized carbons (Fsp3) is 0.136. The van der Waals surface area contributed by atoms with E-state index in [9.17, 15) is 9.18 Å². The summed E-state index contributed by atoms with van der Waals surface area (Å²) in [5.74, 6) is 0.407. The third-order valence-corrected chi connectivity index (χ3v) is 4.47. The van der Waals surface area contributed by atoms with Crippen LogP contribution in [0.25, 0.3) is 22.6 Å². The summed E-state index contributed by atoms with van der Waals surface area (Å²) in [5, 5.41) is 2.92. The number of aromatic nitrogens is 3. The van der Waals surface area contributed by atoms with Crippen LogP contribution in [0, 0.1) is 5.82 Å². The molecule has 0 radical (unpaired) electrons. The Labute approximate surface area is 161 Å². The molecule has 0 saturated carbocycles. The third kappa shape index (κ3) is 3.91. The van der Waals surface area contributed by atoms with Crippen LogP contribution in [0.3, 0.4) is 0 Å². The van der Waals surface area contributed by atoms with Gasteiger partial charge in [-0.2, -0.15) is 0 Å².